The molecule has 1 aromatic rings. The van der Waals surface area contributed by atoms with E-state index in [-0.39, 0.29) is 23.7 Å². The van der Waals surface area contributed by atoms with E-state index >= 15 is 0 Å². The van der Waals surface area contributed by atoms with Crippen molar-refractivity contribution >= 4 is 11.7 Å². The van der Waals surface area contributed by atoms with E-state index in [4.69, 9.17) is 0 Å². The summed E-state index contributed by atoms with van der Waals surface area (Å²) in [6.45, 7) is 5.51. The van der Waals surface area contributed by atoms with Gasteiger partial charge in [0.25, 0.3) is 0 Å². The third-order valence-corrected chi connectivity index (χ3v) is 5.28. The Hall–Kier alpha value is -1.68. The van der Waals surface area contributed by atoms with Crippen LogP contribution in [0.25, 0.3) is 0 Å². The third-order valence-electron chi connectivity index (χ3n) is 5.28. The molecule has 1 aromatic carbocycles. The largest absolute Gasteiger partial charge is 0.341 e. The average Bonchev–Trinajstić information content (AvgIpc) is 3.15. The number of nitrogens with zero attached hydrogens (tertiary/aromatic N) is 2. The molecule has 4 nitrogen and oxygen atoms in total. The van der Waals surface area contributed by atoms with Crippen LogP contribution in [0.15, 0.2) is 30.3 Å². The van der Waals surface area contributed by atoms with E-state index in [1.165, 1.54) is 0 Å². The SMILES string of the molecule is CC(C(=O)N1CCCC1)N1CCC(C(=O)c2ccccc2)CC1. The molecule has 2 aliphatic rings. The van der Waals surface area contributed by atoms with E-state index < -0.39 is 0 Å². The van der Waals surface area contributed by atoms with Crippen LogP contribution in [-0.4, -0.2) is 53.7 Å². The van der Waals surface area contributed by atoms with E-state index in [1.807, 2.05) is 42.2 Å². The van der Waals surface area contributed by atoms with Crippen LogP contribution in [0.1, 0.15) is 43.0 Å². The van der Waals surface area contributed by atoms with Gasteiger partial charge in [0, 0.05) is 24.6 Å². The van der Waals surface area contributed by atoms with E-state index in [1.54, 1.807) is 0 Å². The summed E-state index contributed by atoms with van der Waals surface area (Å²) in [5.74, 6) is 0.613. The highest BCUT2D eigenvalue weighted by molar-refractivity contribution is 5.97. The van der Waals surface area contributed by atoms with E-state index in [0.717, 1.165) is 57.4 Å². The maximum atomic E-state index is 12.5. The molecule has 0 saturated carbocycles. The number of Topliss-reactive ketones (excluding diaryl/α,β-unsaturated/α-hetero) is 1. The zero-order valence-corrected chi connectivity index (χ0v) is 13.9. The molecule has 1 unspecified atom stereocenters. The highest BCUT2D eigenvalue weighted by Crippen LogP contribution is 2.24. The Morgan fingerprint density at radius 2 is 1.61 bits per heavy atom. The van der Waals surface area contributed by atoms with Crippen LogP contribution in [-0.2, 0) is 4.79 Å². The number of hydrogen-bond acceptors (Lipinski definition) is 3. The van der Waals surface area contributed by atoms with Crippen molar-refractivity contribution in [2.45, 2.75) is 38.6 Å². The van der Waals surface area contributed by atoms with Gasteiger partial charge >= 0.3 is 0 Å². The van der Waals surface area contributed by atoms with Crippen LogP contribution in [0.4, 0.5) is 0 Å². The molecule has 0 aliphatic carbocycles. The molecule has 23 heavy (non-hydrogen) atoms. The van der Waals surface area contributed by atoms with Crippen LogP contribution >= 0.6 is 0 Å². The van der Waals surface area contributed by atoms with Gasteiger partial charge in [-0.15, -0.1) is 0 Å². The van der Waals surface area contributed by atoms with Crippen LogP contribution < -0.4 is 0 Å². The van der Waals surface area contributed by atoms with Crippen molar-refractivity contribution in [1.82, 2.24) is 9.80 Å². The minimum Gasteiger partial charge on any atom is -0.341 e. The zero-order valence-electron chi connectivity index (χ0n) is 13.9. The Bertz CT molecular complexity index is 544. The summed E-state index contributed by atoms with van der Waals surface area (Å²) in [5.41, 5.74) is 0.812. The fourth-order valence-corrected chi connectivity index (χ4v) is 3.74. The first kappa shape index (κ1) is 16.2. The van der Waals surface area contributed by atoms with Crippen molar-refractivity contribution < 1.29 is 9.59 Å². The molecule has 124 valence electrons. The number of hydrogen-bond donors (Lipinski definition) is 0. The van der Waals surface area contributed by atoms with Crippen molar-refractivity contribution in [2.24, 2.45) is 5.92 Å². The molecule has 0 radical (unpaired) electrons. The summed E-state index contributed by atoms with van der Waals surface area (Å²) < 4.78 is 0. The molecule has 0 bridgehead atoms. The number of rotatable bonds is 4. The Morgan fingerprint density at radius 1 is 1.00 bits per heavy atom. The molecule has 1 atom stereocenters. The average molecular weight is 314 g/mol. The van der Waals surface area contributed by atoms with Gasteiger partial charge in [0.05, 0.1) is 6.04 Å². The highest BCUT2D eigenvalue weighted by atomic mass is 16.2. The van der Waals surface area contributed by atoms with Crippen molar-refractivity contribution in [3.8, 4) is 0 Å². The molecular weight excluding hydrogens is 288 g/mol. The van der Waals surface area contributed by atoms with Gasteiger partial charge in [-0.25, -0.2) is 0 Å². The number of carbonyl (C=O) groups is 2. The van der Waals surface area contributed by atoms with Crippen molar-refractivity contribution in [3.05, 3.63) is 35.9 Å². The molecule has 4 heteroatoms. The van der Waals surface area contributed by atoms with Gasteiger partial charge < -0.3 is 4.90 Å². The van der Waals surface area contributed by atoms with Crippen molar-refractivity contribution in [1.29, 1.82) is 0 Å². The standard InChI is InChI=1S/C19H26N2O2/c1-15(19(23)21-11-5-6-12-21)20-13-9-17(10-14-20)18(22)16-7-3-2-4-8-16/h2-4,7-8,15,17H,5-6,9-14H2,1H3. The van der Waals surface area contributed by atoms with E-state index in [0.29, 0.717) is 0 Å². The van der Waals surface area contributed by atoms with Gasteiger partial charge in [0.2, 0.25) is 5.91 Å². The normalized spacial score (nSPS) is 21.3. The molecule has 0 aromatic heterocycles. The molecule has 2 heterocycles. The molecule has 2 saturated heterocycles. The van der Waals surface area contributed by atoms with Crippen molar-refractivity contribution in [2.75, 3.05) is 26.2 Å². The summed E-state index contributed by atoms with van der Waals surface area (Å²) in [5, 5.41) is 0. The second kappa shape index (κ2) is 7.26. The fourth-order valence-electron chi connectivity index (χ4n) is 3.74. The maximum absolute atomic E-state index is 12.5. The highest BCUT2D eigenvalue weighted by Gasteiger charge is 2.32. The second-order valence-electron chi connectivity index (χ2n) is 6.75. The summed E-state index contributed by atoms with van der Waals surface area (Å²) in [6.07, 6.45) is 3.97. The lowest BCUT2D eigenvalue weighted by Crippen LogP contribution is -2.49. The number of ketones is 1. The van der Waals surface area contributed by atoms with Gasteiger partial charge in [0.15, 0.2) is 5.78 Å². The van der Waals surface area contributed by atoms with Gasteiger partial charge in [-0.1, -0.05) is 30.3 Å². The van der Waals surface area contributed by atoms with Crippen LogP contribution in [0.3, 0.4) is 0 Å². The van der Waals surface area contributed by atoms with Gasteiger partial charge in [-0.05, 0) is 45.7 Å². The second-order valence-corrected chi connectivity index (χ2v) is 6.75. The van der Waals surface area contributed by atoms with Crippen LogP contribution in [0, 0.1) is 5.92 Å². The number of likely N-dealkylation sites (tertiary alicyclic amines) is 2. The molecule has 3 rings (SSSR count). The summed E-state index contributed by atoms with van der Waals surface area (Å²) in [4.78, 5) is 29.3. The Morgan fingerprint density at radius 3 is 2.22 bits per heavy atom. The molecule has 2 aliphatic heterocycles. The number of amides is 1. The Labute approximate surface area is 138 Å². The summed E-state index contributed by atoms with van der Waals surface area (Å²) in [7, 11) is 0. The quantitative estimate of drug-likeness (QED) is 0.802. The fraction of sp³-hybridized carbons (Fsp3) is 0.579. The van der Waals surface area contributed by atoms with E-state index in [2.05, 4.69) is 4.90 Å². The minimum absolute atomic E-state index is 0.0547. The topological polar surface area (TPSA) is 40.6 Å². The zero-order chi connectivity index (χ0) is 16.2. The van der Waals surface area contributed by atoms with Crippen LogP contribution in [0.2, 0.25) is 0 Å². The first-order chi connectivity index (χ1) is 11.2. The first-order valence-corrected chi connectivity index (χ1v) is 8.79. The van der Waals surface area contributed by atoms with Crippen molar-refractivity contribution in [3.63, 3.8) is 0 Å². The summed E-state index contributed by atoms with van der Waals surface area (Å²) in [6, 6.07) is 9.51. The van der Waals surface area contributed by atoms with Crippen LogP contribution in [0.5, 0.6) is 0 Å². The first-order valence-electron chi connectivity index (χ1n) is 8.79. The van der Waals surface area contributed by atoms with Gasteiger partial charge in [0.1, 0.15) is 0 Å². The van der Waals surface area contributed by atoms with E-state index in [9.17, 15) is 9.59 Å². The molecule has 0 spiro atoms. The van der Waals surface area contributed by atoms with Gasteiger partial charge in [-0.3, -0.25) is 14.5 Å². The summed E-state index contributed by atoms with van der Waals surface area (Å²) >= 11 is 0. The monoisotopic (exact) mass is 314 g/mol. The predicted octanol–water partition coefficient (Wildman–Crippen LogP) is 2.59. The third kappa shape index (κ3) is 3.63. The maximum Gasteiger partial charge on any atom is 0.239 e. The van der Waals surface area contributed by atoms with Gasteiger partial charge in [-0.2, -0.15) is 0 Å². The molecule has 2 fully saturated rings. The molecule has 1 amide bonds. The minimum atomic E-state index is -0.0547. The predicted molar refractivity (Wildman–Crippen MR) is 90.3 cm³/mol. The smallest absolute Gasteiger partial charge is 0.239 e. The number of piperidine rings is 1. The number of carbonyl (C=O) groups excluding carboxylic acids is 2. The molecule has 0 N–H and O–H groups in total. The molecular formula is C19H26N2O2. The lowest BCUT2D eigenvalue weighted by Gasteiger charge is -2.36. The number of benzene rings is 1. The Balaban J connectivity index is 1.53. The lowest BCUT2D eigenvalue weighted by atomic mass is 9.88. The lowest BCUT2D eigenvalue weighted by molar-refractivity contribution is -0.135. The Kier molecular flexibility index (Phi) is 5.11.